The van der Waals surface area contributed by atoms with E-state index in [1.54, 1.807) is 0 Å². The second-order valence-corrected chi connectivity index (χ2v) is 2.66. The van der Waals surface area contributed by atoms with Crippen molar-refractivity contribution in [3.05, 3.63) is 16.0 Å². The molecular weight excluding hydrogens is 176 g/mol. The number of nitrogens with two attached hydrogens (primary N) is 1. The molecule has 0 bridgehead atoms. The number of hydrogen-bond acceptors (Lipinski definition) is 4. The van der Waals surface area contributed by atoms with E-state index in [0.29, 0.717) is 0 Å². The Morgan fingerprint density at radius 1 is 1.85 bits per heavy atom. The lowest BCUT2D eigenvalue weighted by Gasteiger charge is -2.00. The molecule has 0 unspecified atom stereocenters. The number of aromatic nitrogens is 3. The van der Waals surface area contributed by atoms with Gasteiger partial charge in [0.1, 0.15) is 11.7 Å². The predicted molar refractivity (Wildman–Crippen MR) is 43.1 cm³/mol. The molecule has 0 amide bonds. The standard InChI is InChI=1S/C6H10N4O3/c1-10-8-4(5(11)9-10)2-3(7)6(12)13/h3H,2,7H2,1H3,(H,9,11)(H,12,13)/t3-/m0/s1. The van der Waals surface area contributed by atoms with Crippen LogP contribution >= 0.6 is 0 Å². The molecule has 0 saturated heterocycles. The van der Waals surface area contributed by atoms with Gasteiger partial charge in [0.15, 0.2) is 0 Å². The van der Waals surface area contributed by atoms with Crippen LogP contribution in [0.5, 0.6) is 0 Å². The van der Waals surface area contributed by atoms with Gasteiger partial charge in [-0.05, 0) is 0 Å². The molecule has 0 aliphatic heterocycles. The van der Waals surface area contributed by atoms with Crippen molar-refractivity contribution in [1.82, 2.24) is 15.0 Å². The van der Waals surface area contributed by atoms with Crippen LogP contribution in [-0.2, 0) is 18.3 Å². The van der Waals surface area contributed by atoms with E-state index in [2.05, 4.69) is 10.2 Å². The molecule has 1 atom stereocenters. The molecule has 72 valence electrons. The maximum absolute atomic E-state index is 11.0. The van der Waals surface area contributed by atoms with Crippen LogP contribution in [-0.4, -0.2) is 32.1 Å². The van der Waals surface area contributed by atoms with Gasteiger partial charge in [-0.3, -0.25) is 9.59 Å². The minimum Gasteiger partial charge on any atom is -0.480 e. The number of aliphatic carboxylic acids is 1. The Hall–Kier alpha value is -1.63. The molecule has 0 saturated carbocycles. The summed E-state index contributed by atoms with van der Waals surface area (Å²) in [4.78, 5) is 22.6. The molecule has 4 N–H and O–H groups in total. The summed E-state index contributed by atoms with van der Waals surface area (Å²) in [6, 6.07) is -1.09. The Morgan fingerprint density at radius 2 is 2.46 bits per heavy atom. The molecule has 7 heteroatoms. The number of nitrogens with one attached hydrogen (secondary N) is 1. The summed E-state index contributed by atoms with van der Waals surface area (Å²) in [6.45, 7) is 0. The Morgan fingerprint density at radius 3 is 2.85 bits per heavy atom. The number of carbonyl (C=O) groups is 1. The van der Waals surface area contributed by atoms with E-state index >= 15 is 0 Å². The van der Waals surface area contributed by atoms with E-state index in [4.69, 9.17) is 10.8 Å². The third-order valence-electron chi connectivity index (χ3n) is 1.53. The van der Waals surface area contributed by atoms with Crippen LogP contribution in [0.4, 0.5) is 0 Å². The van der Waals surface area contributed by atoms with E-state index in [-0.39, 0.29) is 12.1 Å². The lowest BCUT2D eigenvalue weighted by Crippen LogP contribution is -2.33. The number of aryl methyl sites for hydroxylation is 1. The zero-order valence-electron chi connectivity index (χ0n) is 7.02. The fraction of sp³-hybridized carbons (Fsp3) is 0.500. The van der Waals surface area contributed by atoms with Crippen LogP contribution in [0.15, 0.2) is 4.79 Å². The second-order valence-electron chi connectivity index (χ2n) is 2.66. The Bertz CT molecular complexity index is 366. The van der Waals surface area contributed by atoms with Crippen molar-refractivity contribution in [3.63, 3.8) is 0 Å². The summed E-state index contributed by atoms with van der Waals surface area (Å²) in [5, 5.41) is 14.6. The first-order chi connectivity index (χ1) is 6.00. The zero-order valence-corrected chi connectivity index (χ0v) is 7.02. The first-order valence-electron chi connectivity index (χ1n) is 3.61. The van der Waals surface area contributed by atoms with Crippen molar-refractivity contribution < 1.29 is 9.90 Å². The highest BCUT2D eigenvalue weighted by Crippen LogP contribution is 1.90. The summed E-state index contributed by atoms with van der Waals surface area (Å²) in [6.07, 6.45) is -0.0640. The lowest BCUT2D eigenvalue weighted by atomic mass is 10.2. The molecule has 0 aliphatic rings. The number of carboxylic acids is 1. The summed E-state index contributed by atoms with van der Waals surface area (Å²) >= 11 is 0. The summed E-state index contributed by atoms with van der Waals surface area (Å²) < 4.78 is 0. The largest absolute Gasteiger partial charge is 0.480 e. The van der Waals surface area contributed by atoms with E-state index < -0.39 is 17.6 Å². The maximum atomic E-state index is 11.0. The highest BCUT2D eigenvalue weighted by molar-refractivity contribution is 5.73. The van der Waals surface area contributed by atoms with Gasteiger partial charge in [0.05, 0.1) is 0 Å². The van der Waals surface area contributed by atoms with Gasteiger partial charge in [-0.25, -0.2) is 9.90 Å². The summed E-state index contributed by atoms with van der Waals surface area (Å²) in [5.41, 5.74) is 4.96. The Balaban J connectivity index is 2.80. The highest BCUT2D eigenvalue weighted by Gasteiger charge is 2.16. The van der Waals surface area contributed by atoms with E-state index in [1.807, 2.05) is 0 Å². The van der Waals surface area contributed by atoms with Gasteiger partial charge >= 0.3 is 5.97 Å². The maximum Gasteiger partial charge on any atom is 0.320 e. The lowest BCUT2D eigenvalue weighted by molar-refractivity contribution is -0.138. The van der Waals surface area contributed by atoms with Gasteiger partial charge in [0.25, 0.3) is 5.56 Å². The molecule has 1 aromatic rings. The predicted octanol–water partition coefficient (Wildman–Crippen LogP) is -1.94. The van der Waals surface area contributed by atoms with Crippen molar-refractivity contribution in [2.75, 3.05) is 0 Å². The van der Waals surface area contributed by atoms with Crippen LogP contribution in [0.1, 0.15) is 5.69 Å². The van der Waals surface area contributed by atoms with Crippen LogP contribution < -0.4 is 11.3 Å². The normalized spacial score (nSPS) is 12.8. The van der Waals surface area contributed by atoms with Crippen LogP contribution in [0, 0.1) is 0 Å². The quantitative estimate of drug-likeness (QED) is 0.508. The van der Waals surface area contributed by atoms with Gasteiger partial charge < -0.3 is 10.8 Å². The van der Waals surface area contributed by atoms with Gasteiger partial charge in [-0.15, -0.1) is 0 Å². The minimum atomic E-state index is -1.15. The number of H-pyrrole nitrogens is 1. The number of aromatic amines is 1. The molecule has 1 aromatic heterocycles. The van der Waals surface area contributed by atoms with Gasteiger partial charge in [0.2, 0.25) is 0 Å². The van der Waals surface area contributed by atoms with Crippen LogP contribution in [0.25, 0.3) is 0 Å². The summed E-state index contributed by atoms with van der Waals surface area (Å²) in [5.74, 6) is -1.15. The number of nitrogens with zero attached hydrogens (tertiary/aromatic N) is 2. The van der Waals surface area contributed by atoms with Gasteiger partial charge in [0, 0.05) is 13.5 Å². The molecule has 13 heavy (non-hydrogen) atoms. The number of hydrogen-bond donors (Lipinski definition) is 3. The monoisotopic (exact) mass is 186 g/mol. The molecule has 1 heterocycles. The second kappa shape index (κ2) is 3.40. The highest BCUT2D eigenvalue weighted by atomic mass is 16.4. The van der Waals surface area contributed by atoms with Crippen molar-refractivity contribution in [3.8, 4) is 0 Å². The molecular formula is C6H10N4O3. The van der Waals surface area contributed by atoms with Crippen molar-refractivity contribution in [2.45, 2.75) is 12.5 Å². The zero-order chi connectivity index (χ0) is 10.0. The Labute approximate surface area is 73.1 Å². The van der Waals surface area contributed by atoms with Crippen molar-refractivity contribution in [1.29, 1.82) is 0 Å². The van der Waals surface area contributed by atoms with Crippen LogP contribution in [0.3, 0.4) is 0 Å². The average molecular weight is 186 g/mol. The molecule has 1 rings (SSSR count). The van der Waals surface area contributed by atoms with Gasteiger partial charge in [-0.1, -0.05) is 0 Å². The third kappa shape index (κ3) is 2.15. The van der Waals surface area contributed by atoms with Crippen LogP contribution in [0.2, 0.25) is 0 Å². The molecule has 0 radical (unpaired) electrons. The smallest absolute Gasteiger partial charge is 0.320 e. The topological polar surface area (TPSA) is 114 Å². The first-order valence-corrected chi connectivity index (χ1v) is 3.61. The summed E-state index contributed by atoms with van der Waals surface area (Å²) in [7, 11) is 1.54. The minimum absolute atomic E-state index is 0.0640. The molecule has 0 aromatic carbocycles. The van der Waals surface area contributed by atoms with Crippen molar-refractivity contribution in [2.24, 2.45) is 12.8 Å². The average Bonchev–Trinajstić information content (AvgIpc) is 2.30. The van der Waals surface area contributed by atoms with Crippen molar-refractivity contribution >= 4 is 5.97 Å². The number of carboxylic acid groups (broad SMARTS) is 1. The van der Waals surface area contributed by atoms with E-state index in [9.17, 15) is 9.59 Å². The first kappa shape index (κ1) is 9.46. The van der Waals surface area contributed by atoms with Gasteiger partial charge in [-0.2, -0.15) is 5.10 Å². The number of rotatable bonds is 3. The fourth-order valence-electron chi connectivity index (χ4n) is 0.892. The SMILES string of the molecule is Cn1nc(C[C@H](N)C(=O)O)c(=O)[nH]1. The fourth-order valence-corrected chi connectivity index (χ4v) is 0.892. The molecule has 0 aliphatic carbocycles. The third-order valence-corrected chi connectivity index (χ3v) is 1.53. The molecule has 7 nitrogen and oxygen atoms in total. The molecule has 0 spiro atoms. The Kier molecular flexibility index (Phi) is 2.47. The van der Waals surface area contributed by atoms with E-state index in [0.717, 1.165) is 0 Å². The molecule has 0 fully saturated rings. The van der Waals surface area contributed by atoms with E-state index in [1.165, 1.54) is 11.8 Å².